The van der Waals surface area contributed by atoms with Gasteiger partial charge in [0, 0.05) is 10.0 Å². The van der Waals surface area contributed by atoms with Crippen molar-refractivity contribution in [3.8, 4) is 5.75 Å². The zero-order valence-electron chi connectivity index (χ0n) is 19.0. The molecule has 1 aliphatic rings. The first-order valence-electron chi connectivity index (χ1n) is 11.2. The minimum atomic E-state index is -0.290. The molecular weight excluding hydrogens is 522 g/mol. The molecule has 5 rings (SSSR count). The smallest absolute Gasteiger partial charge is 0.293 e. The molecule has 2 amide bonds. The highest BCUT2D eigenvalue weighted by Crippen LogP contribution is 2.36. The van der Waals surface area contributed by atoms with Crippen LogP contribution in [-0.2, 0) is 17.9 Å². The van der Waals surface area contributed by atoms with Gasteiger partial charge in [0.05, 0.1) is 11.4 Å². The second-order valence-electron chi connectivity index (χ2n) is 8.37. The fraction of sp³-hybridized carbons (Fsp3) is 0.103. The van der Waals surface area contributed by atoms with Crippen LogP contribution in [0.1, 0.15) is 22.3 Å². The molecule has 0 atom stereocenters. The molecule has 1 heterocycles. The largest absolute Gasteiger partial charge is 0.488 e. The third kappa shape index (κ3) is 5.19. The lowest BCUT2D eigenvalue weighted by Crippen LogP contribution is -2.27. The highest BCUT2D eigenvalue weighted by molar-refractivity contribution is 9.10. The molecule has 0 aliphatic carbocycles. The van der Waals surface area contributed by atoms with Crippen molar-refractivity contribution in [3.63, 3.8) is 0 Å². The summed E-state index contributed by atoms with van der Waals surface area (Å²) in [5.41, 5.74) is 3.83. The number of carbonyl (C=O) groups excluding carboxylic acids is 2. The number of hydrogen-bond donors (Lipinski definition) is 0. The van der Waals surface area contributed by atoms with E-state index < -0.39 is 0 Å². The average molecular weight is 544 g/mol. The number of amides is 2. The third-order valence-corrected chi connectivity index (χ3v) is 7.22. The topological polar surface area (TPSA) is 46.6 Å². The third-order valence-electron chi connectivity index (χ3n) is 5.82. The van der Waals surface area contributed by atoms with Crippen LogP contribution in [0.2, 0.25) is 0 Å². The number of nitrogens with zero attached hydrogens (tertiary/aromatic N) is 1. The van der Waals surface area contributed by atoms with Crippen LogP contribution in [0.4, 0.5) is 4.79 Å². The van der Waals surface area contributed by atoms with Crippen molar-refractivity contribution in [2.24, 2.45) is 0 Å². The first-order chi connectivity index (χ1) is 17.0. The van der Waals surface area contributed by atoms with Crippen LogP contribution in [0.3, 0.4) is 0 Å². The van der Waals surface area contributed by atoms with Gasteiger partial charge in [0.2, 0.25) is 0 Å². The van der Waals surface area contributed by atoms with Crippen molar-refractivity contribution >= 4 is 55.7 Å². The van der Waals surface area contributed by atoms with Crippen molar-refractivity contribution in [2.45, 2.75) is 20.1 Å². The van der Waals surface area contributed by atoms with Gasteiger partial charge in [-0.15, -0.1) is 0 Å². The zero-order chi connectivity index (χ0) is 24.4. The minimum absolute atomic E-state index is 0.257. The summed E-state index contributed by atoms with van der Waals surface area (Å²) in [4.78, 5) is 27.4. The molecule has 1 aliphatic heterocycles. The molecule has 174 valence electrons. The van der Waals surface area contributed by atoms with Gasteiger partial charge in [0.15, 0.2) is 0 Å². The van der Waals surface area contributed by atoms with Crippen molar-refractivity contribution in [1.82, 2.24) is 4.90 Å². The molecule has 4 aromatic carbocycles. The second kappa shape index (κ2) is 10.1. The summed E-state index contributed by atoms with van der Waals surface area (Å²) in [6, 6.07) is 27.9. The first-order valence-corrected chi connectivity index (χ1v) is 12.8. The van der Waals surface area contributed by atoms with Crippen molar-refractivity contribution in [2.75, 3.05) is 0 Å². The second-order valence-corrected chi connectivity index (χ2v) is 10.3. The molecule has 0 aromatic heterocycles. The molecule has 0 bridgehead atoms. The lowest BCUT2D eigenvalue weighted by Gasteiger charge is -2.13. The van der Waals surface area contributed by atoms with Crippen LogP contribution in [-0.4, -0.2) is 16.0 Å². The maximum absolute atomic E-state index is 13.1. The Bertz CT molecular complexity index is 1470. The molecule has 35 heavy (non-hydrogen) atoms. The molecule has 0 unspecified atom stereocenters. The fourth-order valence-corrected chi connectivity index (χ4v) is 5.32. The van der Waals surface area contributed by atoms with E-state index in [1.807, 2.05) is 67.6 Å². The van der Waals surface area contributed by atoms with Gasteiger partial charge in [-0.05, 0) is 64.9 Å². The Balaban J connectivity index is 1.39. The Kier molecular flexibility index (Phi) is 6.75. The summed E-state index contributed by atoms with van der Waals surface area (Å²) in [6.07, 6.45) is 1.74. The number of carbonyl (C=O) groups is 2. The van der Waals surface area contributed by atoms with E-state index in [0.29, 0.717) is 17.3 Å². The summed E-state index contributed by atoms with van der Waals surface area (Å²) in [5.74, 6) is 0.355. The molecule has 1 fully saturated rings. The van der Waals surface area contributed by atoms with E-state index in [0.717, 1.165) is 49.3 Å². The van der Waals surface area contributed by atoms with Gasteiger partial charge in [-0.3, -0.25) is 14.5 Å². The lowest BCUT2D eigenvalue weighted by atomic mass is 10.1. The molecule has 0 N–H and O–H groups in total. The number of ether oxygens (including phenoxy) is 1. The van der Waals surface area contributed by atoms with Crippen LogP contribution in [0, 0.1) is 6.92 Å². The number of thioether (sulfide) groups is 1. The van der Waals surface area contributed by atoms with Gasteiger partial charge in [0.25, 0.3) is 11.1 Å². The van der Waals surface area contributed by atoms with Crippen LogP contribution in [0.25, 0.3) is 16.8 Å². The summed E-state index contributed by atoms with van der Waals surface area (Å²) in [7, 11) is 0. The maximum Gasteiger partial charge on any atom is 0.293 e. The standard InChI is InChI=1S/C29H22BrNO3S/c1-19-6-4-7-20(14-19)17-31-28(32)27(35-29(31)33)16-23-15-24(30)12-13-26(23)34-18-22-10-5-9-21-8-2-3-11-25(21)22/h2-16H,17-18H2,1H3/b27-16-. The average Bonchev–Trinajstić information content (AvgIpc) is 3.11. The fourth-order valence-electron chi connectivity index (χ4n) is 4.11. The molecule has 4 nitrogen and oxygen atoms in total. The summed E-state index contributed by atoms with van der Waals surface area (Å²) < 4.78 is 7.07. The van der Waals surface area contributed by atoms with Crippen molar-refractivity contribution in [1.29, 1.82) is 0 Å². The van der Waals surface area contributed by atoms with Gasteiger partial charge in [0.1, 0.15) is 12.4 Å². The summed E-state index contributed by atoms with van der Waals surface area (Å²) in [5, 5.41) is 2.04. The first kappa shape index (κ1) is 23.4. The van der Waals surface area contributed by atoms with Crippen molar-refractivity contribution < 1.29 is 14.3 Å². The number of hydrogen-bond acceptors (Lipinski definition) is 4. The molecule has 1 saturated heterocycles. The number of benzene rings is 4. The Morgan fingerprint density at radius 3 is 2.60 bits per heavy atom. The van der Waals surface area contributed by atoms with E-state index in [9.17, 15) is 9.59 Å². The van der Waals surface area contributed by atoms with Gasteiger partial charge >= 0.3 is 0 Å². The monoisotopic (exact) mass is 543 g/mol. The van der Waals surface area contributed by atoms with Gasteiger partial charge < -0.3 is 4.74 Å². The molecule has 0 spiro atoms. The number of halogens is 1. The highest BCUT2D eigenvalue weighted by Gasteiger charge is 2.35. The predicted octanol–water partition coefficient (Wildman–Crippen LogP) is 7.73. The van der Waals surface area contributed by atoms with Crippen LogP contribution < -0.4 is 4.74 Å². The quantitative estimate of drug-likeness (QED) is 0.233. The Labute approximate surface area is 216 Å². The zero-order valence-corrected chi connectivity index (χ0v) is 21.4. The SMILES string of the molecule is Cc1cccc(CN2C(=O)S/C(=C\c3cc(Br)ccc3OCc3cccc4ccccc34)C2=O)c1. The Morgan fingerprint density at radius 2 is 1.74 bits per heavy atom. The Hall–Kier alpha value is -3.35. The van der Waals surface area contributed by atoms with Gasteiger partial charge in [-0.25, -0.2) is 0 Å². The van der Waals surface area contributed by atoms with Crippen LogP contribution in [0.5, 0.6) is 5.75 Å². The van der Waals surface area contributed by atoms with Crippen molar-refractivity contribution in [3.05, 3.63) is 117 Å². The lowest BCUT2D eigenvalue weighted by molar-refractivity contribution is -0.123. The number of imide groups is 1. The van der Waals surface area contributed by atoms with E-state index in [2.05, 4.69) is 40.2 Å². The summed E-state index contributed by atoms with van der Waals surface area (Å²) >= 11 is 4.47. The number of fused-ring (bicyclic) bond motifs is 1. The predicted molar refractivity (Wildman–Crippen MR) is 145 cm³/mol. The van der Waals surface area contributed by atoms with Gasteiger partial charge in [-0.2, -0.15) is 0 Å². The van der Waals surface area contributed by atoms with Crippen LogP contribution in [0.15, 0.2) is 94.3 Å². The molecule has 4 aromatic rings. The summed E-state index contributed by atoms with van der Waals surface area (Å²) in [6.45, 7) is 2.63. The molecule has 6 heteroatoms. The number of aryl methyl sites for hydroxylation is 1. The Morgan fingerprint density at radius 1 is 0.943 bits per heavy atom. The van der Waals surface area contributed by atoms with Gasteiger partial charge in [-0.1, -0.05) is 88.2 Å². The van der Waals surface area contributed by atoms with Crippen LogP contribution >= 0.6 is 27.7 Å². The highest BCUT2D eigenvalue weighted by atomic mass is 79.9. The van der Waals surface area contributed by atoms with E-state index in [1.54, 1.807) is 6.08 Å². The molecule has 0 saturated carbocycles. The van der Waals surface area contributed by atoms with E-state index >= 15 is 0 Å². The van der Waals surface area contributed by atoms with E-state index in [4.69, 9.17) is 4.74 Å². The maximum atomic E-state index is 13.1. The van der Waals surface area contributed by atoms with E-state index in [1.165, 1.54) is 4.90 Å². The normalized spacial score (nSPS) is 14.8. The number of rotatable bonds is 6. The molecule has 0 radical (unpaired) electrons. The minimum Gasteiger partial charge on any atom is -0.488 e. The van der Waals surface area contributed by atoms with E-state index in [-0.39, 0.29) is 17.7 Å². The molecular formula is C29H22BrNO3S.